The molecule has 4 nitrogen and oxygen atoms in total. The molecule has 0 amide bonds. The standard InChI is InChI=1S/C15H26FN3O/c1-10(2)19(11(3)4)7-6-18-14-9-15(20-5)13(17)8-12(14)16/h8-11,18H,6-7,17H2,1-5H3. The lowest BCUT2D eigenvalue weighted by Gasteiger charge is -2.30. The second-order valence-electron chi connectivity index (χ2n) is 5.43. The summed E-state index contributed by atoms with van der Waals surface area (Å²) in [6.07, 6.45) is 0. The van der Waals surface area contributed by atoms with Crippen LogP contribution in [-0.4, -0.2) is 37.2 Å². The normalized spacial score (nSPS) is 11.4. The van der Waals surface area contributed by atoms with Crippen LogP contribution in [0.3, 0.4) is 0 Å². The van der Waals surface area contributed by atoms with Gasteiger partial charge in [-0.2, -0.15) is 0 Å². The molecule has 0 saturated heterocycles. The average Bonchev–Trinajstić information content (AvgIpc) is 2.35. The van der Waals surface area contributed by atoms with Crippen LogP contribution >= 0.6 is 0 Å². The van der Waals surface area contributed by atoms with Gasteiger partial charge in [0.15, 0.2) is 0 Å². The van der Waals surface area contributed by atoms with Crippen molar-refractivity contribution in [2.24, 2.45) is 0 Å². The zero-order valence-electron chi connectivity index (χ0n) is 13.0. The summed E-state index contributed by atoms with van der Waals surface area (Å²) >= 11 is 0. The number of rotatable bonds is 7. The third kappa shape index (κ3) is 4.27. The number of anilines is 2. The van der Waals surface area contributed by atoms with Crippen LogP contribution in [-0.2, 0) is 0 Å². The monoisotopic (exact) mass is 283 g/mol. The highest BCUT2D eigenvalue weighted by molar-refractivity contribution is 5.62. The molecule has 0 heterocycles. The molecule has 5 heteroatoms. The van der Waals surface area contributed by atoms with E-state index in [1.807, 2.05) is 0 Å². The first-order valence-electron chi connectivity index (χ1n) is 6.99. The van der Waals surface area contributed by atoms with Crippen molar-refractivity contribution in [3.63, 3.8) is 0 Å². The predicted molar refractivity (Wildman–Crippen MR) is 82.8 cm³/mol. The SMILES string of the molecule is COc1cc(NCCN(C(C)C)C(C)C)c(F)cc1N. The van der Waals surface area contributed by atoms with Crippen LogP contribution in [0.4, 0.5) is 15.8 Å². The van der Waals surface area contributed by atoms with E-state index in [9.17, 15) is 4.39 Å². The van der Waals surface area contributed by atoms with E-state index in [4.69, 9.17) is 10.5 Å². The Morgan fingerprint density at radius 3 is 2.35 bits per heavy atom. The number of nitrogens with one attached hydrogen (secondary N) is 1. The van der Waals surface area contributed by atoms with E-state index in [2.05, 4.69) is 37.9 Å². The summed E-state index contributed by atoms with van der Waals surface area (Å²) in [7, 11) is 1.52. The Hall–Kier alpha value is -1.49. The summed E-state index contributed by atoms with van der Waals surface area (Å²) in [5, 5.41) is 3.10. The molecule has 0 saturated carbocycles. The molecule has 1 aromatic rings. The molecule has 0 aliphatic carbocycles. The molecule has 0 bridgehead atoms. The molecule has 0 aliphatic rings. The van der Waals surface area contributed by atoms with Crippen LogP contribution in [0.2, 0.25) is 0 Å². The van der Waals surface area contributed by atoms with Crippen molar-refractivity contribution < 1.29 is 9.13 Å². The van der Waals surface area contributed by atoms with Crippen molar-refractivity contribution in [2.45, 2.75) is 39.8 Å². The summed E-state index contributed by atoms with van der Waals surface area (Å²) in [6, 6.07) is 3.80. The van der Waals surface area contributed by atoms with Gasteiger partial charge in [-0.3, -0.25) is 4.90 Å². The third-order valence-electron chi connectivity index (χ3n) is 3.33. The van der Waals surface area contributed by atoms with Gasteiger partial charge in [0, 0.05) is 37.3 Å². The molecule has 0 atom stereocenters. The highest BCUT2D eigenvalue weighted by Crippen LogP contribution is 2.28. The molecule has 0 radical (unpaired) electrons. The molecular weight excluding hydrogens is 257 g/mol. The molecule has 1 aromatic carbocycles. The molecular formula is C15H26FN3O. The highest BCUT2D eigenvalue weighted by Gasteiger charge is 2.13. The summed E-state index contributed by atoms with van der Waals surface area (Å²) in [5.41, 5.74) is 6.38. The summed E-state index contributed by atoms with van der Waals surface area (Å²) in [4.78, 5) is 2.35. The summed E-state index contributed by atoms with van der Waals surface area (Å²) in [6.45, 7) is 10.2. The number of nitrogens with two attached hydrogens (primary N) is 1. The number of methoxy groups -OCH3 is 1. The number of hydrogen-bond acceptors (Lipinski definition) is 4. The second-order valence-corrected chi connectivity index (χ2v) is 5.43. The van der Waals surface area contributed by atoms with Gasteiger partial charge in [-0.25, -0.2) is 4.39 Å². The molecule has 0 fully saturated rings. The Bertz CT molecular complexity index is 427. The van der Waals surface area contributed by atoms with Gasteiger partial charge < -0.3 is 15.8 Å². The van der Waals surface area contributed by atoms with Gasteiger partial charge in [0.25, 0.3) is 0 Å². The molecule has 3 N–H and O–H groups in total. The van der Waals surface area contributed by atoms with E-state index in [0.717, 1.165) is 6.54 Å². The molecule has 0 aliphatic heterocycles. The molecule has 114 valence electrons. The first kappa shape index (κ1) is 16.6. The smallest absolute Gasteiger partial charge is 0.148 e. The number of nitrogen functional groups attached to an aromatic ring is 1. The van der Waals surface area contributed by atoms with E-state index in [1.54, 1.807) is 6.07 Å². The van der Waals surface area contributed by atoms with Crippen molar-refractivity contribution in [1.29, 1.82) is 0 Å². The first-order chi connectivity index (χ1) is 9.36. The highest BCUT2D eigenvalue weighted by atomic mass is 19.1. The Morgan fingerprint density at radius 2 is 1.85 bits per heavy atom. The Labute approximate surface area is 121 Å². The summed E-state index contributed by atoms with van der Waals surface area (Å²) in [5.74, 6) is 0.127. The molecule has 0 spiro atoms. The minimum absolute atomic E-state index is 0.307. The number of nitrogens with zero attached hydrogens (tertiary/aromatic N) is 1. The van der Waals surface area contributed by atoms with Crippen molar-refractivity contribution in [2.75, 3.05) is 31.2 Å². The lowest BCUT2D eigenvalue weighted by atomic mass is 10.2. The average molecular weight is 283 g/mol. The number of benzene rings is 1. The fourth-order valence-electron chi connectivity index (χ4n) is 2.31. The maximum Gasteiger partial charge on any atom is 0.148 e. The second kappa shape index (κ2) is 7.33. The van der Waals surface area contributed by atoms with Gasteiger partial charge >= 0.3 is 0 Å². The number of halogens is 1. The predicted octanol–water partition coefficient (Wildman–Crippen LogP) is 2.95. The van der Waals surface area contributed by atoms with Crippen LogP contribution in [0.15, 0.2) is 12.1 Å². The molecule has 0 unspecified atom stereocenters. The Kier molecular flexibility index (Phi) is 6.07. The van der Waals surface area contributed by atoms with E-state index in [1.165, 1.54) is 13.2 Å². The van der Waals surface area contributed by atoms with Gasteiger partial charge in [0.2, 0.25) is 0 Å². The fraction of sp³-hybridized carbons (Fsp3) is 0.600. The third-order valence-corrected chi connectivity index (χ3v) is 3.33. The lowest BCUT2D eigenvalue weighted by Crippen LogP contribution is -2.40. The Balaban J connectivity index is 2.66. The Morgan fingerprint density at radius 1 is 1.25 bits per heavy atom. The first-order valence-corrected chi connectivity index (χ1v) is 6.99. The maximum absolute atomic E-state index is 13.8. The molecule has 20 heavy (non-hydrogen) atoms. The fourth-order valence-corrected chi connectivity index (χ4v) is 2.31. The van der Waals surface area contributed by atoms with Crippen molar-refractivity contribution in [3.8, 4) is 5.75 Å². The minimum atomic E-state index is -0.357. The van der Waals surface area contributed by atoms with Crippen LogP contribution < -0.4 is 15.8 Å². The lowest BCUT2D eigenvalue weighted by molar-refractivity contribution is 0.182. The molecule has 1 rings (SSSR count). The van der Waals surface area contributed by atoms with Crippen molar-refractivity contribution >= 4 is 11.4 Å². The van der Waals surface area contributed by atoms with Crippen molar-refractivity contribution in [3.05, 3.63) is 17.9 Å². The summed E-state index contributed by atoms with van der Waals surface area (Å²) < 4.78 is 18.9. The van der Waals surface area contributed by atoms with E-state index < -0.39 is 0 Å². The van der Waals surface area contributed by atoms with Gasteiger partial charge in [-0.05, 0) is 27.7 Å². The largest absolute Gasteiger partial charge is 0.495 e. The quantitative estimate of drug-likeness (QED) is 0.755. The van der Waals surface area contributed by atoms with Gasteiger partial charge in [0.05, 0.1) is 18.5 Å². The molecule has 0 aromatic heterocycles. The van der Waals surface area contributed by atoms with E-state index >= 15 is 0 Å². The zero-order chi connectivity index (χ0) is 15.3. The number of hydrogen-bond donors (Lipinski definition) is 2. The van der Waals surface area contributed by atoms with E-state index in [-0.39, 0.29) is 5.82 Å². The minimum Gasteiger partial charge on any atom is -0.495 e. The van der Waals surface area contributed by atoms with Gasteiger partial charge in [-0.1, -0.05) is 0 Å². The van der Waals surface area contributed by atoms with Crippen LogP contribution in [0.5, 0.6) is 5.75 Å². The van der Waals surface area contributed by atoms with Gasteiger partial charge in [0.1, 0.15) is 11.6 Å². The van der Waals surface area contributed by atoms with Crippen LogP contribution in [0, 0.1) is 5.82 Å². The maximum atomic E-state index is 13.8. The zero-order valence-corrected chi connectivity index (χ0v) is 13.0. The van der Waals surface area contributed by atoms with E-state index in [0.29, 0.717) is 35.8 Å². The van der Waals surface area contributed by atoms with Crippen LogP contribution in [0.1, 0.15) is 27.7 Å². The van der Waals surface area contributed by atoms with Crippen molar-refractivity contribution in [1.82, 2.24) is 4.90 Å². The topological polar surface area (TPSA) is 50.5 Å². The van der Waals surface area contributed by atoms with Crippen LogP contribution in [0.25, 0.3) is 0 Å². The number of ether oxygens (including phenoxy) is 1. The van der Waals surface area contributed by atoms with Gasteiger partial charge in [-0.15, -0.1) is 0 Å².